The molecule has 0 heterocycles. The number of carbonyl (C=O) groups is 6. The molecule has 3 aromatic rings. The first-order chi connectivity index (χ1) is 25.2. The minimum Gasteiger partial charge on any atom is -0.467 e. The Morgan fingerprint density at radius 2 is 1.41 bits per heavy atom. The van der Waals surface area contributed by atoms with Crippen LogP contribution in [0, 0.1) is 0 Å². The third-order valence-corrected chi connectivity index (χ3v) is 7.93. The van der Waals surface area contributed by atoms with Crippen molar-refractivity contribution in [1.29, 1.82) is 0 Å². The van der Waals surface area contributed by atoms with Gasteiger partial charge in [-0.25, -0.2) is 9.59 Å². The van der Waals surface area contributed by atoms with Crippen LogP contribution in [-0.4, -0.2) is 72.2 Å². The van der Waals surface area contributed by atoms with Crippen LogP contribution in [0.25, 0.3) is 11.1 Å². The topological polar surface area (TPSA) is 167 Å². The quantitative estimate of drug-likeness (QED) is 0.0965. The molecule has 0 aliphatic carbocycles. The molecule has 0 aromatic heterocycles. The Morgan fingerprint density at radius 1 is 0.778 bits per heavy atom. The van der Waals surface area contributed by atoms with Gasteiger partial charge in [0.15, 0.2) is 5.78 Å². The highest BCUT2D eigenvalue weighted by molar-refractivity contribution is 6.40. The first-order valence-electron chi connectivity index (χ1n) is 17.1. The van der Waals surface area contributed by atoms with Gasteiger partial charge in [0.05, 0.1) is 35.7 Å². The molecule has 54 heavy (non-hydrogen) atoms. The number of halogens is 2. The molecule has 0 saturated carbocycles. The van der Waals surface area contributed by atoms with Crippen LogP contribution in [0.4, 0.5) is 4.79 Å². The van der Waals surface area contributed by atoms with Gasteiger partial charge in [-0.2, -0.15) is 4.99 Å². The number of methoxy groups -OCH3 is 1. The van der Waals surface area contributed by atoms with E-state index in [-0.39, 0.29) is 59.1 Å². The van der Waals surface area contributed by atoms with Gasteiger partial charge >= 0.3 is 18.0 Å². The predicted molar refractivity (Wildman–Crippen MR) is 206 cm³/mol. The zero-order valence-corrected chi connectivity index (χ0v) is 32.9. The second-order valence-corrected chi connectivity index (χ2v) is 15.1. The van der Waals surface area contributed by atoms with Gasteiger partial charge < -0.3 is 24.8 Å². The SMILES string of the molecule is COC(=O)[C@H](CCC(=O)CNC(=O)c1cccc(CC(CC(=O)OC(C)(C)C)=NC(=O)OC(C)(C)C)c1)NC(=O)c1c(Cl)cc(-c2ccccc2)cc1Cl. The molecule has 0 fully saturated rings. The lowest BCUT2D eigenvalue weighted by atomic mass is 10.0. The fourth-order valence-electron chi connectivity index (χ4n) is 5.04. The predicted octanol–water partition coefficient (Wildman–Crippen LogP) is 7.36. The molecule has 14 heteroatoms. The molecule has 2 N–H and O–H groups in total. The number of benzene rings is 3. The van der Waals surface area contributed by atoms with E-state index >= 15 is 0 Å². The lowest BCUT2D eigenvalue weighted by Crippen LogP contribution is -2.42. The fourth-order valence-corrected chi connectivity index (χ4v) is 5.70. The second kappa shape index (κ2) is 19.3. The largest absolute Gasteiger partial charge is 0.467 e. The number of esters is 2. The molecule has 0 spiro atoms. The number of rotatable bonds is 14. The zero-order chi connectivity index (χ0) is 40.2. The Bertz CT molecular complexity index is 1880. The van der Waals surface area contributed by atoms with Crippen LogP contribution in [0.3, 0.4) is 0 Å². The lowest BCUT2D eigenvalue weighted by Gasteiger charge is -2.20. The zero-order valence-electron chi connectivity index (χ0n) is 31.3. The van der Waals surface area contributed by atoms with E-state index < -0.39 is 52.9 Å². The number of ether oxygens (including phenoxy) is 3. The molecule has 3 aromatic carbocycles. The minimum absolute atomic E-state index is 0.0345. The van der Waals surface area contributed by atoms with Crippen molar-refractivity contribution in [2.45, 2.75) is 84.5 Å². The average molecular weight is 783 g/mol. The van der Waals surface area contributed by atoms with E-state index in [4.69, 9.17) is 37.4 Å². The van der Waals surface area contributed by atoms with Crippen molar-refractivity contribution in [1.82, 2.24) is 10.6 Å². The Hall–Kier alpha value is -5.07. The Labute approximate surface area is 324 Å². The summed E-state index contributed by atoms with van der Waals surface area (Å²) >= 11 is 12.9. The van der Waals surface area contributed by atoms with Crippen LogP contribution >= 0.6 is 23.2 Å². The van der Waals surface area contributed by atoms with E-state index in [1.807, 2.05) is 30.3 Å². The smallest absolute Gasteiger partial charge is 0.434 e. The number of nitrogens with one attached hydrogen (secondary N) is 2. The lowest BCUT2D eigenvalue weighted by molar-refractivity contribution is -0.153. The number of amides is 3. The Kier molecular flexibility index (Phi) is 15.5. The second-order valence-electron chi connectivity index (χ2n) is 14.3. The summed E-state index contributed by atoms with van der Waals surface area (Å²) in [5.41, 5.74) is 0.880. The molecular formula is C40H45Cl2N3O9. The van der Waals surface area contributed by atoms with Gasteiger partial charge in [-0.1, -0.05) is 65.7 Å². The maximum absolute atomic E-state index is 13.2. The highest BCUT2D eigenvalue weighted by Crippen LogP contribution is 2.32. The van der Waals surface area contributed by atoms with Crippen molar-refractivity contribution in [2.75, 3.05) is 13.7 Å². The average Bonchev–Trinajstić information content (AvgIpc) is 3.07. The van der Waals surface area contributed by atoms with Gasteiger partial charge in [0, 0.05) is 24.1 Å². The van der Waals surface area contributed by atoms with Crippen molar-refractivity contribution < 1.29 is 43.0 Å². The van der Waals surface area contributed by atoms with Crippen molar-refractivity contribution in [3.05, 3.63) is 93.5 Å². The van der Waals surface area contributed by atoms with Gasteiger partial charge in [0.25, 0.3) is 11.8 Å². The van der Waals surface area contributed by atoms with E-state index in [2.05, 4.69) is 15.6 Å². The number of Topliss-reactive ketones (excluding diaryl/α,β-unsaturated/α-hetero) is 1. The van der Waals surface area contributed by atoms with Crippen molar-refractivity contribution in [2.24, 2.45) is 4.99 Å². The van der Waals surface area contributed by atoms with E-state index in [0.29, 0.717) is 11.1 Å². The summed E-state index contributed by atoms with van der Waals surface area (Å²) < 4.78 is 15.5. The molecule has 0 aliphatic heterocycles. The molecule has 12 nitrogen and oxygen atoms in total. The van der Waals surface area contributed by atoms with Gasteiger partial charge in [-0.15, -0.1) is 0 Å². The Balaban J connectivity index is 1.63. The van der Waals surface area contributed by atoms with Crippen molar-refractivity contribution >= 4 is 64.5 Å². The number of nitrogens with zero attached hydrogens (tertiary/aromatic N) is 1. The summed E-state index contributed by atoms with van der Waals surface area (Å²) in [7, 11) is 1.15. The maximum atomic E-state index is 13.2. The monoisotopic (exact) mass is 781 g/mol. The highest BCUT2D eigenvalue weighted by atomic mass is 35.5. The molecule has 0 unspecified atom stereocenters. The van der Waals surface area contributed by atoms with Crippen LogP contribution in [-0.2, 0) is 35.0 Å². The van der Waals surface area contributed by atoms with Gasteiger partial charge in [-0.05, 0) is 88.9 Å². The summed E-state index contributed by atoms with van der Waals surface area (Å²) in [5.74, 6) is -3.09. The number of ketones is 1. The van der Waals surface area contributed by atoms with Crippen molar-refractivity contribution in [3.63, 3.8) is 0 Å². The third kappa shape index (κ3) is 14.4. The number of carbonyl (C=O) groups excluding carboxylic acids is 6. The molecule has 0 bridgehead atoms. The molecule has 0 saturated heterocycles. The highest BCUT2D eigenvalue weighted by Gasteiger charge is 2.26. The van der Waals surface area contributed by atoms with Crippen molar-refractivity contribution in [3.8, 4) is 11.1 Å². The third-order valence-electron chi connectivity index (χ3n) is 7.33. The normalized spacial score (nSPS) is 12.3. The molecule has 1 atom stereocenters. The molecule has 0 radical (unpaired) electrons. The molecule has 3 rings (SSSR count). The van der Waals surface area contributed by atoms with Gasteiger partial charge in [0.1, 0.15) is 17.2 Å². The Morgan fingerprint density at radius 3 is 2.00 bits per heavy atom. The summed E-state index contributed by atoms with van der Waals surface area (Å²) in [6.07, 6.45) is -1.43. The standard InChI is InChI=1S/C40H45Cl2N3O9/c1-39(2,3)53-33(47)22-28(44-38(51)54-40(4,5)6)19-24-12-11-15-26(18-24)35(48)43-23-29(46)16-17-32(37(50)52-7)45-36(49)34-30(41)20-27(21-31(34)42)25-13-9-8-10-14-25/h8-15,18,20-21,32H,16-17,19,22-23H2,1-7H3,(H,43,48)(H,45,49)/t32-/m0/s1. The summed E-state index contributed by atoms with van der Waals surface area (Å²) in [5, 5.41) is 5.24. The van der Waals surface area contributed by atoms with E-state index in [1.165, 1.54) is 6.07 Å². The van der Waals surface area contributed by atoms with Crippen LogP contribution in [0.2, 0.25) is 10.0 Å². The van der Waals surface area contributed by atoms with Crippen LogP contribution in [0.1, 0.15) is 87.1 Å². The van der Waals surface area contributed by atoms with Crippen LogP contribution < -0.4 is 10.6 Å². The van der Waals surface area contributed by atoms with Gasteiger partial charge in [0.2, 0.25) is 0 Å². The summed E-state index contributed by atoms with van der Waals surface area (Å²) in [4.78, 5) is 80.7. The number of hydrogen-bond donors (Lipinski definition) is 2. The molecule has 0 aliphatic rings. The summed E-state index contributed by atoms with van der Waals surface area (Å²) in [6, 6.07) is 17.7. The van der Waals surface area contributed by atoms with E-state index in [1.54, 1.807) is 71.9 Å². The first-order valence-corrected chi connectivity index (χ1v) is 17.8. The fraction of sp³-hybridized carbons (Fsp3) is 0.375. The maximum Gasteiger partial charge on any atom is 0.434 e. The van der Waals surface area contributed by atoms with E-state index in [9.17, 15) is 28.8 Å². The van der Waals surface area contributed by atoms with Crippen LogP contribution in [0.15, 0.2) is 71.7 Å². The number of hydrogen-bond acceptors (Lipinski definition) is 9. The number of aliphatic imine (C=N–C) groups is 1. The van der Waals surface area contributed by atoms with Crippen LogP contribution in [0.5, 0.6) is 0 Å². The molecule has 3 amide bonds. The minimum atomic E-state index is -1.21. The first kappa shape index (κ1) is 43.3. The molecule has 288 valence electrons. The van der Waals surface area contributed by atoms with E-state index in [0.717, 1.165) is 12.7 Å². The van der Waals surface area contributed by atoms with Gasteiger partial charge in [-0.3, -0.25) is 19.2 Å². The summed E-state index contributed by atoms with van der Waals surface area (Å²) in [6.45, 7) is 9.86. The molecular weight excluding hydrogens is 737 g/mol.